The number of aromatic nitrogens is 2. The van der Waals surface area contributed by atoms with Crippen molar-refractivity contribution in [3.05, 3.63) is 47.7 Å². The zero-order valence-electron chi connectivity index (χ0n) is 10.6. The van der Waals surface area contributed by atoms with Gasteiger partial charge in [0, 0.05) is 5.56 Å². The van der Waals surface area contributed by atoms with Crippen LogP contribution in [-0.4, -0.2) is 10.2 Å². The lowest BCUT2D eigenvalue weighted by Crippen LogP contribution is -2.04. The van der Waals surface area contributed by atoms with Crippen LogP contribution < -0.4 is 0 Å². The fourth-order valence-electron chi connectivity index (χ4n) is 1.63. The van der Waals surface area contributed by atoms with E-state index in [1.807, 2.05) is 19.9 Å². The highest BCUT2D eigenvalue weighted by atomic mass is 19.4. The molecule has 0 aliphatic carbocycles. The minimum Gasteiger partial charge on any atom is -0.166 e. The molecule has 0 aliphatic rings. The third kappa shape index (κ3) is 3.10. The molecule has 0 bridgehead atoms. The van der Waals surface area contributed by atoms with Crippen molar-refractivity contribution in [1.82, 2.24) is 10.2 Å². The largest absolute Gasteiger partial charge is 0.416 e. The third-order valence-electron chi connectivity index (χ3n) is 2.78. The Morgan fingerprint density at radius 1 is 0.895 bits per heavy atom. The molecule has 0 N–H and O–H groups in total. The Labute approximate surface area is 109 Å². The van der Waals surface area contributed by atoms with E-state index in [1.165, 1.54) is 12.1 Å². The summed E-state index contributed by atoms with van der Waals surface area (Å²) in [5, 5.41) is 8.08. The van der Waals surface area contributed by atoms with Crippen molar-refractivity contribution in [1.29, 1.82) is 0 Å². The molecular formula is C14H13F3N2. The van der Waals surface area contributed by atoms with E-state index in [4.69, 9.17) is 0 Å². The average Bonchev–Trinajstić information content (AvgIpc) is 2.38. The summed E-state index contributed by atoms with van der Waals surface area (Å²) in [4.78, 5) is 0. The molecule has 0 aliphatic heterocycles. The predicted molar refractivity (Wildman–Crippen MR) is 66.6 cm³/mol. The van der Waals surface area contributed by atoms with Crippen molar-refractivity contribution in [2.45, 2.75) is 25.9 Å². The first-order chi connectivity index (χ1) is 8.88. The van der Waals surface area contributed by atoms with Gasteiger partial charge in [0.1, 0.15) is 0 Å². The number of nitrogens with zero attached hydrogens (tertiary/aromatic N) is 2. The zero-order valence-corrected chi connectivity index (χ0v) is 10.6. The van der Waals surface area contributed by atoms with Gasteiger partial charge >= 0.3 is 6.18 Å². The van der Waals surface area contributed by atoms with Gasteiger partial charge in [0.15, 0.2) is 0 Å². The fourth-order valence-corrected chi connectivity index (χ4v) is 1.63. The first-order valence-electron chi connectivity index (χ1n) is 5.89. The second-order valence-corrected chi connectivity index (χ2v) is 4.57. The molecule has 0 atom stereocenters. The molecule has 0 unspecified atom stereocenters. The van der Waals surface area contributed by atoms with Gasteiger partial charge in [-0.1, -0.05) is 26.0 Å². The molecule has 0 amide bonds. The van der Waals surface area contributed by atoms with Crippen LogP contribution in [-0.2, 0) is 6.18 Å². The Morgan fingerprint density at radius 3 is 1.95 bits per heavy atom. The summed E-state index contributed by atoms with van der Waals surface area (Å²) in [6.07, 6.45) is -4.31. The third-order valence-corrected chi connectivity index (χ3v) is 2.78. The molecule has 0 saturated heterocycles. The molecule has 2 rings (SSSR count). The second-order valence-electron chi connectivity index (χ2n) is 4.57. The number of hydrogen-bond acceptors (Lipinski definition) is 2. The Hall–Kier alpha value is -1.91. The first kappa shape index (κ1) is 13.5. The van der Waals surface area contributed by atoms with Crippen molar-refractivity contribution in [3.63, 3.8) is 0 Å². The summed E-state index contributed by atoms with van der Waals surface area (Å²) in [5.41, 5.74) is 1.38. The SMILES string of the molecule is CC(C)c1ccc(-c2ccc(C(F)(F)F)cc2)nn1. The molecule has 0 radical (unpaired) electrons. The van der Waals surface area contributed by atoms with Crippen molar-refractivity contribution in [2.75, 3.05) is 0 Å². The summed E-state index contributed by atoms with van der Waals surface area (Å²) >= 11 is 0. The van der Waals surface area contributed by atoms with E-state index < -0.39 is 11.7 Å². The molecule has 1 aromatic heterocycles. The molecule has 2 nitrogen and oxygen atoms in total. The topological polar surface area (TPSA) is 25.8 Å². The lowest BCUT2D eigenvalue weighted by atomic mass is 10.1. The van der Waals surface area contributed by atoms with E-state index in [-0.39, 0.29) is 5.92 Å². The van der Waals surface area contributed by atoms with Crippen molar-refractivity contribution in [3.8, 4) is 11.3 Å². The van der Waals surface area contributed by atoms with Crippen LogP contribution in [0, 0.1) is 0 Å². The molecule has 0 spiro atoms. The van der Waals surface area contributed by atoms with E-state index in [9.17, 15) is 13.2 Å². The van der Waals surface area contributed by atoms with Crippen LogP contribution in [0.2, 0.25) is 0 Å². The van der Waals surface area contributed by atoms with Crippen LogP contribution in [0.1, 0.15) is 31.0 Å². The van der Waals surface area contributed by atoms with Crippen molar-refractivity contribution >= 4 is 0 Å². The lowest BCUT2D eigenvalue weighted by Gasteiger charge is -2.08. The average molecular weight is 266 g/mol. The number of alkyl halides is 3. The van der Waals surface area contributed by atoms with Gasteiger partial charge in [0.05, 0.1) is 17.0 Å². The van der Waals surface area contributed by atoms with Gasteiger partial charge < -0.3 is 0 Å². The number of hydrogen-bond donors (Lipinski definition) is 0. The normalized spacial score (nSPS) is 11.9. The maximum atomic E-state index is 12.4. The maximum Gasteiger partial charge on any atom is 0.416 e. The Balaban J connectivity index is 2.27. The van der Waals surface area contributed by atoms with Gasteiger partial charge in [-0.15, -0.1) is 0 Å². The lowest BCUT2D eigenvalue weighted by molar-refractivity contribution is -0.137. The Morgan fingerprint density at radius 2 is 1.53 bits per heavy atom. The summed E-state index contributed by atoms with van der Waals surface area (Å²) in [6, 6.07) is 8.51. The molecule has 0 saturated carbocycles. The van der Waals surface area contributed by atoms with Gasteiger partial charge in [0.2, 0.25) is 0 Å². The molecule has 100 valence electrons. The van der Waals surface area contributed by atoms with Crippen LogP contribution in [0.25, 0.3) is 11.3 Å². The van der Waals surface area contributed by atoms with Crippen LogP contribution in [0.5, 0.6) is 0 Å². The van der Waals surface area contributed by atoms with Crippen molar-refractivity contribution in [2.24, 2.45) is 0 Å². The number of benzene rings is 1. The summed E-state index contributed by atoms with van der Waals surface area (Å²) in [5.74, 6) is 0.272. The molecule has 1 aromatic carbocycles. The van der Waals surface area contributed by atoms with Gasteiger partial charge in [-0.25, -0.2) is 0 Å². The molecule has 19 heavy (non-hydrogen) atoms. The van der Waals surface area contributed by atoms with Crippen LogP contribution in [0.4, 0.5) is 13.2 Å². The van der Waals surface area contributed by atoms with Gasteiger partial charge in [-0.05, 0) is 30.2 Å². The van der Waals surface area contributed by atoms with Crippen LogP contribution >= 0.6 is 0 Å². The van der Waals surface area contributed by atoms with Gasteiger partial charge in [0.25, 0.3) is 0 Å². The number of halogens is 3. The fraction of sp³-hybridized carbons (Fsp3) is 0.286. The summed E-state index contributed by atoms with van der Waals surface area (Å²) < 4.78 is 37.3. The van der Waals surface area contributed by atoms with E-state index in [2.05, 4.69) is 10.2 Å². The summed E-state index contributed by atoms with van der Waals surface area (Å²) in [7, 11) is 0. The highest BCUT2D eigenvalue weighted by Gasteiger charge is 2.29. The van der Waals surface area contributed by atoms with Crippen LogP contribution in [0.3, 0.4) is 0 Å². The highest BCUT2D eigenvalue weighted by Crippen LogP contribution is 2.30. The van der Waals surface area contributed by atoms with E-state index in [0.717, 1.165) is 17.8 Å². The smallest absolute Gasteiger partial charge is 0.166 e. The molecule has 2 aromatic rings. The molecular weight excluding hydrogens is 253 g/mol. The van der Waals surface area contributed by atoms with E-state index >= 15 is 0 Å². The van der Waals surface area contributed by atoms with Gasteiger partial charge in [-0.3, -0.25) is 0 Å². The molecule has 5 heteroatoms. The van der Waals surface area contributed by atoms with E-state index in [0.29, 0.717) is 11.3 Å². The highest BCUT2D eigenvalue weighted by molar-refractivity contribution is 5.58. The van der Waals surface area contributed by atoms with Gasteiger partial charge in [-0.2, -0.15) is 23.4 Å². The Kier molecular flexibility index (Phi) is 3.55. The van der Waals surface area contributed by atoms with E-state index in [1.54, 1.807) is 6.07 Å². The second kappa shape index (κ2) is 4.99. The molecule has 0 fully saturated rings. The van der Waals surface area contributed by atoms with Crippen molar-refractivity contribution < 1.29 is 13.2 Å². The maximum absolute atomic E-state index is 12.4. The minimum atomic E-state index is -4.31. The summed E-state index contributed by atoms with van der Waals surface area (Å²) in [6.45, 7) is 4.00. The monoisotopic (exact) mass is 266 g/mol. The molecule has 1 heterocycles. The predicted octanol–water partition coefficient (Wildman–Crippen LogP) is 4.29. The quantitative estimate of drug-likeness (QED) is 0.810. The number of rotatable bonds is 2. The Bertz CT molecular complexity index is 542. The minimum absolute atomic E-state index is 0.272. The first-order valence-corrected chi connectivity index (χ1v) is 5.89. The zero-order chi connectivity index (χ0) is 14.0. The van der Waals surface area contributed by atoms with Crippen LogP contribution in [0.15, 0.2) is 36.4 Å². The standard InChI is InChI=1S/C14H13F3N2/c1-9(2)12-7-8-13(19-18-12)10-3-5-11(6-4-10)14(15,16)17/h3-9H,1-2H3.